The van der Waals surface area contributed by atoms with Crippen molar-refractivity contribution in [2.45, 2.75) is 57.4 Å². The van der Waals surface area contributed by atoms with Crippen molar-refractivity contribution in [3.63, 3.8) is 0 Å². The predicted octanol–water partition coefficient (Wildman–Crippen LogP) is 4.11. The Kier molecular flexibility index (Phi) is 3.86. The molecule has 0 bridgehead atoms. The lowest BCUT2D eigenvalue weighted by Gasteiger charge is -2.36. The zero-order valence-electron chi connectivity index (χ0n) is 11.8. The summed E-state index contributed by atoms with van der Waals surface area (Å²) >= 11 is 6.01. The van der Waals surface area contributed by atoms with Gasteiger partial charge in [0.25, 0.3) is 0 Å². The van der Waals surface area contributed by atoms with Gasteiger partial charge in [0.15, 0.2) is 0 Å². The van der Waals surface area contributed by atoms with Crippen molar-refractivity contribution in [1.29, 1.82) is 0 Å². The van der Waals surface area contributed by atoms with Crippen LogP contribution in [0.25, 0.3) is 0 Å². The van der Waals surface area contributed by atoms with Gasteiger partial charge >= 0.3 is 0 Å². The fourth-order valence-corrected chi connectivity index (χ4v) is 2.33. The zero-order valence-corrected chi connectivity index (χ0v) is 12.6. The molecule has 1 fully saturated rings. The molecule has 3 heteroatoms. The van der Waals surface area contributed by atoms with Crippen LogP contribution in [-0.2, 0) is 11.3 Å². The third kappa shape index (κ3) is 2.80. The van der Waals surface area contributed by atoms with Crippen LogP contribution < -0.4 is 4.90 Å². The first-order valence-electron chi connectivity index (χ1n) is 6.72. The van der Waals surface area contributed by atoms with E-state index in [1.165, 1.54) is 19.3 Å². The minimum Gasteiger partial charge on any atom is -0.357 e. The van der Waals surface area contributed by atoms with Gasteiger partial charge in [-0.25, -0.2) is 4.98 Å². The van der Waals surface area contributed by atoms with Crippen LogP contribution in [0.4, 0.5) is 5.82 Å². The minimum absolute atomic E-state index is 0.0667. The van der Waals surface area contributed by atoms with Crippen LogP contribution in [0, 0.1) is 0 Å². The van der Waals surface area contributed by atoms with E-state index in [0.29, 0.717) is 11.9 Å². The number of rotatable bonds is 3. The molecule has 0 radical (unpaired) electrons. The molecule has 0 aromatic carbocycles. The molecule has 2 rings (SSSR count). The number of halogens is 1. The molecule has 0 N–H and O–H groups in total. The highest BCUT2D eigenvalue weighted by Gasteiger charge is 2.25. The molecule has 0 amide bonds. The second-order valence-electron chi connectivity index (χ2n) is 6.30. The Hall–Kier alpha value is -0.760. The van der Waals surface area contributed by atoms with E-state index in [4.69, 9.17) is 16.6 Å². The highest BCUT2D eigenvalue weighted by Crippen LogP contribution is 2.30. The molecule has 2 nitrogen and oxygen atoms in total. The summed E-state index contributed by atoms with van der Waals surface area (Å²) in [6.45, 7) is 6.58. The van der Waals surface area contributed by atoms with E-state index < -0.39 is 0 Å². The average molecular weight is 267 g/mol. The third-order valence-corrected chi connectivity index (χ3v) is 4.09. The molecular formula is C15H23ClN2. The van der Waals surface area contributed by atoms with Gasteiger partial charge in [-0.1, -0.05) is 20.8 Å². The lowest BCUT2D eigenvalue weighted by Crippen LogP contribution is -2.38. The summed E-state index contributed by atoms with van der Waals surface area (Å²) in [5, 5.41) is 0. The Bertz CT molecular complexity index is 419. The fourth-order valence-electron chi connectivity index (χ4n) is 2.17. The van der Waals surface area contributed by atoms with Crippen molar-refractivity contribution in [3.8, 4) is 0 Å². The Morgan fingerprint density at radius 1 is 1.33 bits per heavy atom. The first-order valence-corrected chi connectivity index (χ1v) is 7.25. The van der Waals surface area contributed by atoms with E-state index in [1.54, 1.807) is 0 Å². The van der Waals surface area contributed by atoms with Crippen LogP contribution in [-0.4, -0.2) is 18.1 Å². The number of alkyl halides is 1. The van der Waals surface area contributed by atoms with Crippen LogP contribution in [0.15, 0.2) is 12.1 Å². The van der Waals surface area contributed by atoms with Crippen molar-refractivity contribution in [1.82, 2.24) is 4.98 Å². The molecule has 1 saturated carbocycles. The molecule has 1 heterocycles. The maximum atomic E-state index is 6.01. The number of nitrogens with zero attached hydrogens (tertiary/aromatic N) is 2. The lowest BCUT2D eigenvalue weighted by molar-refractivity contribution is 0.398. The Morgan fingerprint density at radius 3 is 2.44 bits per heavy atom. The summed E-state index contributed by atoms with van der Waals surface area (Å²) in [7, 11) is 2.15. The number of anilines is 1. The minimum atomic E-state index is 0.0667. The van der Waals surface area contributed by atoms with Gasteiger partial charge in [0.1, 0.15) is 5.82 Å². The number of aromatic nitrogens is 1. The topological polar surface area (TPSA) is 16.1 Å². The zero-order chi connectivity index (χ0) is 13.3. The van der Waals surface area contributed by atoms with Crippen LogP contribution in [0.5, 0.6) is 0 Å². The summed E-state index contributed by atoms with van der Waals surface area (Å²) in [5.74, 6) is 1.62. The lowest BCUT2D eigenvalue weighted by atomic mass is 9.90. The van der Waals surface area contributed by atoms with E-state index in [9.17, 15) is 0 Å². The van der Waals surface area contributed by atoms with Gasteiger partial charge in [0.2, 0.25) is 0 Å². The van der Waals surface area contributed by atoms with Gasteiger partial charge in [0.05, 0.1) is 0 Å². The van der Waals surface area contributed by atoms with Crippen LogP contribution in [0.1, 0.15) is 51.3 Å². The molecule has 1 aromatic heterocycles. The predicted molar refractivity (Wildman–Crippen MR) is 78.5 cm³/mol. The molecule has 1 aromatic rings. The molecule has 0 spiro atoms. The molecule has 1 aliphatic carbocycles. The van der Waals surface area contributed by atoms with Crippen molar-refractivity contribution in [2.24, 2.45) is 0 Å². The maximum absolute atomic E-state index is 6.01. The Balaban J connectivity index is 2.34. The smallest absolute Gasteiger partial charge is 0.129 e. The van der Waals surface area contributed by atoms with Gasteiger partial charge < -0.3 is 4.90 Å². The first-order chi connectivity index (χ1) is 8.41. The van der Waals surface area contributed by atoms with Crippen LogP contribution in [0.2, 0.25) is 0 Å². The number of hydrogen-bond acceptors (Lipinski definition) is 2. The highest BCUT2D eigenvalue weighted by molar-refractivity contribution is 6.17. The van der Waals surface area contributed by atoms with Gasteiger partial charge in [-0.2, -0.15) is 0 Å². The Labute approximate surface area is 115 Å². The van der Waals surface area contributed by atoms with Crippen molar-refractivity contribution in [3.05, 3.63) is 23.4 Å². The van der Waals surface area contributed by atoms with Crippen molar-refractivity contribution in [2.75, 3.05) is 11.9 Å². The molecule has 0 atom stereocenters. The monoisotopic (exact) mass is 266 g/mol. The number of hydrogen-bond donors (Lipinski definition) is 0. The third-order valence-electron chi connectivity index (χ3n) is 3.78. The molecule has 0 aliphatic heterocycles. The van der Waals surface area contributed by atoms with Crippen LogP contribution >= 0.6 is 11.6 Å². The molecular weight excluding hydrogens is 244 g/mol. The standard InChI is InChI=1S/C15H23ClN2/c1-15(2,3)13-8-11(10-16)9-14(17-13)18(4)12-6-5-7-12/h8-9,12H,5-7,10H2,1-4H3. The van der Waals surface area contributed by atoms with Gasteiger partial charge in [0, 0.05) is 30.1 Å². The molecule has 100 valence electrons. The summed E-state index contributed by atoms with van der Waals surface area (Å²) in [4.78, 5) is 7.14. The van der Waals surface area contributed by atoms with E-state index in [1.807, 2.05) is 0 Å². The van der Waals surface area contributed by atoms with Crippen molar-refractivity contribution < 1.29 is 0 Å². The summed E-state index contributed by atoms with van der Waals surface area (Å²) in [6, 6.07) is 4.92. The van der Waals surface area contributed by atoms with Gasteiger partial charge in [-0.15, -0.1) is 11.6 Å². The second kappa shape index (κ2) is 5.08. The van der Waals surface area contributed by atoms with E-state index in [-0.39, 0.29) is 5.41 Å². The normalized spacial score (nSPS) is 16.5. The summed E-state index contributed by atoms with van der Waals surface area (Å²) < 4.78 is 0. The first kappa shape index (κ1) is 13.7. The summed E-state index contributed by atoms with van der Waals surface area (Å²) in [6.07, 6.45) is 3.92. The molecule has 18 heavy (non-hydrogen) atoms. The largest absolute Gasteiger partial charge is 0.357 e. The van der Waals surface area contributed by atoms with Crippen LogP contribution in [0.3, 0.4) is 0 Å². The van der Waals surface area contributed by atoms with Crippen molar-refractivity contribution >= 4 is 17.4 Å². The number of pyridine rings is 1. The molecule has 1 aliphatic rings. The van der Waals surface area contributed by atoms with E-state index in [2.05, 4.69) is 44.9 Å². The maximum Gasteiger partial charge on any atom is 0.129 e. The quantitative estimate of drug-likeness (QED) is 0.766. The summed E-state index contributed by atoms with van der Waals surface area (Å²) in [5.41, 5.74) is 2.36. The van der Waals surface area contributed by atoms with E-state index in [0.717, 1.165) is 17.1 Å². The molecule has 0 saturated heterocycles. The van der Waals surface area contributed by atoms with Gasteiger partial charge in [-0.3, -0.25) is 0 Å². The van der Waals surface area contributed by atoms with E-state index >= 15 is 0 Å². The molecule has 0 unspecified atom stereocenters. The fraction of sp³-hybridized carbons (Fsp3) is 0.667. The SMILES string of the molecule is CN(c1cc(CCl)cc(C(C)(C)C)n1)C1CCC1. The highest BCUT2D eigenvalue weighted by atomic mass is 35.5. The average Bonchev–Trinajstić information content (AvgIpc) is 2.24. The second-order valence-corrected chi connectivity index (χ2v) is 6.57. The Morgan fingerprint density at radius 2 is 2.00 bits per heavy atom. The van der Waals surface area contributed by atoms with Gasteiger partial charge in [-0.05, 0) is 37.0 Å².